The number of carboxylic acids is 1. The molecular formula is C12H19NO21S3. The second kappa shape index (κ2) is 12.0. The van der Waals surface area contributed by atoms with Gasteiger partial charge < -0.3 is 29.5 Å². The van der Waals surface area contributed by atoms with Crippen LogP contribution in [-0.2, 0) is 68.4 Å². The van der Waals surface area contributed by atoms with Crippen molar-refractivity contribution in [3.05, 3.63) is 11.8 Å². The smallest absolute Gasteiger partial charge is 0.397 e. The Balaban J connectivity index is 2.54. The van der Waals surface area contributed by atoms with Gasteiger partial charge in [-0.25, -0.2) is 18.4 Å². The van der Waals surface area contributed by atoms with Crippen molar-refractivity contribution in [1.82, 2.24) is 4.72 Å². The van der Waals surface area contributed by atoms with E-state index in [9.17, 15) is 40.3 Å². The van der Waals surface area contributed by atoms with E-state index in [0.717, 1.165) is 0 Å². The van der Waals surface area contributed by atoms with E-state index in [1.807, 2.05) is 0 Å². The molecule has 8 N–H and O–H groups in total. The fourth-order valence-corrected chi connectivity index (χ4v) is 4.49. The summed E-state index contributed by atoms with van der Waals surface area (Å²) in [4.78, 5) is 15.7. The van der Waals surface area contributed by atoms with E-state index in [0.29, 0.717) is 6.08 Å². The van der Waals surface area contributed by atoms with E-state index >= 15 is 0 Å². The number of rotatable bonds is 12. The van der Waals surface area contributed by atoms with Crippen LogP contribution in [0.1, 0.15) is 0 Å². The molecule has 4 unspecified atom stereocenters. The van der Waals surface area contributed by atoms with E-state index in [2.05, 4.69) is 18.3 Å². The van der Waals surface area contributed by atoms with Crippen LogP contribution in [0.2, 0.25) is 0 Å². The first-order chi connectivity index (χ1) is 16.8. The standard InChI is InChI=1S/C12H19NO21S3/c14-3-1-4(10(15)16)30-12(7(3)33-37(25,26)27)31-8-5(2-28-36(22,23)24)29-11(17)6(9(8)32-34-18)13-35(19,20)21/h1,3,5-9,11-14,17-18H,2H2,(H,15,16)(H,19,20,21)(H,22,23,24)(H,25,26,27)/t3-,5?,6?,7?,8+,9+,11?,12-/m0/s1. The predicted molar refractivity (Wildman–Crippen MR) is 103 cm³/mol. The highest BCUT2D eigenvalue weighted by Crippen LogP contribution is 2.31. The molecule has 2 aliphatic rings. The van der Waals surface area contributed by atoms with Gasteiger partial charge in [-0.1, -0.05) is 5.04 Å². The average molecular weight is 609 g/mol. The topological polar surface area (TPSA) is 338 Å². The summed E-state index contributed by atoms with van der Waals surface area (Å²) < 4.78 is 119. The molecule has 1 fully saturated rings. The summed E-state index contributed by atoms with van der Waals surface area (Å²) in [7, 11) is -15.8. The van der Waals surface area contributed by atoms with Crippen LogP contribution in [-0.4, -0.2) is 121 Å². The number of aliphatic carboxylic acids is 1. The number of carbonyl (C=O) groups is 1. The Morgan fingerprint density at radius 1 is 1.00 bits per heavy atom. The maximum Gasteiger partial charge on any atom is 0.397 e. The van der Waals surface area contributed by atoms with Crippen LogP contribution in [0.25, 0.3) is 0 Å². The van der Waals surface area contributed by atoms with E-state index < -0.39 is 98.6 Å². The van der Waals surface area contributed by atoms with Gasteiger partial charge in [0.25, 0.3) is 0 Å². The SMILES string of the molecule is O=C(O)C1=C[C@H](O)C(OS(=O)(=O)O)[C@H](O[C@@H]2C(COS(=O)(=O)O)OC(O)C(NS(=O)(=O)O)[C@H]2OOO)O1. The van der Waals surface area contributed by atoms with Gasteiger partial charge in [0.2, 0.25) is 12.0 Å². The molecule has 2 rings (SSSR count). The van der Waals surface area contributed by atoms with Crippen LogP contribution >= 0.6 is 0 Å². The summed E-state index contributed by atoms with van der Waals surface area (Å²) in [5, 5.41) is 41.6. The molecule has 0 saturated carbocycles. The first kappa shape index (κ1) is 31.6. The summed E-state index contributed by atoms with van der Waals surface area (Å²) in [5.41, 5.74) is 0. The summed E-state index contributed by atoms with van der Waals surface area (Å²) in [6, 6.07) is -2.20. The molecule has 25 heteroatoms. The molecule has 0 aromatic heterocycles. The Hall–Kier alpha value is -1.66. The number of ether oxygens (including phenoxy) is 3. The third-order valence-corrected chi connectivity index (χ3v) is 5.86. The lowest BCUT2D eigenvalue weighted by Crippen LogP contribution is -2.66. The largest absolute Gasteiger partial charge is 0.475 e. The van der Waals surface area contributed by atoms with Crippen molar-refractivity contribution in [3.63, 3.8) is 0 Å². The molecule has 0 aliphatic carbocycles. The van der Waals surface area contributed by atoms with Gasteiger partial charge in [0.1, 0.15) is 30.5 Å². The monoisotopic (exact) mass is 609 g/mol. The third-order valence-electron chi connectivity index (χ3n) is 4.39. The molecule has 2 aliphatic heterocycles. The number of aliphatic hydroxyl groups excluding tert-OH is 2. The minimum atomic E-state index is -5.40. The Morgan fingerprint density at radius 2 is 1.62 bits per heavy atom. The molecule has 0 radical (unpaired) electrons. The number of aliphatic hydroxyl groups is 2. The van der Waals surface area contributed by atoms with Gasteiger partial charge in [-0.15, -0.1) is 0 Å². The average Bonchev–Trinajstić information content (AvgIpc) is 2.71. The van der Waals surface area contributed by atoms with Crippen LogP contribution in [0.15, 0.2) is 11.8 Å². The van der Waals surface area contributed by atoms with Crippen molar-refractivity contribution in [2.75, 3.05) is 6.61 Å². The fourth-order valence-electron chi connectivity index (χ4n) is 3.10. The Bertz CT molecular complexity index is 1170. The zero-order chi connectivity index (χ0) is 28.3. The molecule has 2 heterocycles. The van der Waals surface area contributed by atoms with Crippen LogP contribution in [0.3, 0.4) is 0 Å². The molecule has 216 valence electrons. The van der Waals surface area contributed by atoms with Gasteiger partial charge in [-0.2, -0.15) is 34.9 Å². The minimum absolute atomic E-state index is 0.422. The number of carboxylic acid groups (broad SMARTS) is 1. The lowest BCUT2D eigenvalue weighted by atomic mass is 9.97. The van der Waals surface area contributed by atoms with Crippen molar-refractivity contribution in [2.45, 2.75) is 49.1 Å². The molecule has 0 bridgehead atoms. The van der Waals surface area contributed by atoms with Crippen LogP contribution in [0.4, 0.5) is 0 Å². The first-order valence-corrected chi connectivity index (χ1v) is 13.3. The lowest BCUT2D eigenvalue weighted by molar-refractivity contribution is -0.523. The fraction of sp³-hybridized carbons (Fsp3) is 0.750. The lowest BCUT2D eigenvalue weighted by Gasteiger charge is -2.44. The molecule has 0 aromatic rings. The highest BCUT2D eigenvalue weighted by atomic mass is 32.3. The molecule has 0 amide bonds. The van der Waals surface area contributed by atoms with Gasteiger partial charge >= 0.3 is 37.1 Å². The summed E-state index contributed by atoms with van der Waals surface area (Å²) in [5.74, 6) is -2.93. The van der Waals surface area contributed by atoms with Crippen molar-refractivity contribution >= 4 is 37.1 Å². The molecular weight excluding hydrogens is 590 g/mol. The quantitative estimate of drug-likeness (QED) is 0.0585. The van der Waals surface area contributed by atoms with E-state index in [-0.39, 0.29) is 0 Å². The zero-order valence-electron chi connectivity index (χ0n) is 17.5. The van der Waals surface area contributed by atoms with Gasteiger partial charge in [-0.3, -0.25) is 13.7 Å². The van der Waals surface area contributed by atoms with Gasteiger partial charge in [0, 0.05) is 0 Å². The maximum absolute atomic E-state index is 11.3. The van der Waals surface area contributed by atoms with Gasteiger partial charge in [0.05, 0.1) is 6.61 Å². The summed E-state index contributed by atoms with van der Waals surface area (Å²) in [6.45, 7) is -1.30. The van der Waals surface area contributed by atoms with E-state index in [1.165, 1.54) is 4.72 Å². The van der Waals surface area contributed by atoms with Crippen LogP contribution in [0, 0.1) is 0 Å². The van der Waals surface area contributed by atoms with Crippen LogP contribution < -0.4 is 4.72 Å². The van der Waals surface area contributed by atoms with E-state index in [4.69, 9.17) is 38.2 Å². The minimum Gasteiger partial charge on any atom is -0.475 e. The second-order valence-corrected chi connectivity index (χ2v) is 10.3. The number of nitrogens with one attached hydrogen (secondary N) is 1. The highest BCUT2D eigenvalue weighted by molar-refractivity contribution is 7.83. The summed E-state index contributed by atoms with van der Waals surface area (Å²) >= 11 is 0. The zero-order valence-corrected chi connectivity index (χ0v) is 19.9. The molecule has 8 atom stereocenters. The first-order valence-electron chi connectivity index (χ1n) is 9.09. The highest BCUT2D eigenvalue weighted by Gasteiger charge is 2.53. The third kappa shape index (κ3) is 9.55. The van der Waals surface area contributed by atoms with E-state index in [1.54, 1.807) is 0 Å². The number of hydrogen-bond acceptors (Lipinski definition) is 17. The van der Waals surface area contributed by atoms with Crippen molar-refractivity contribution < 1.29 is 96.8 Å². The number of hydrogen-bond donors (Lipinski definition) is 8. The van der Waals surface area contributed by atoms with Crippen molar-refractivity contribution in [2.24, 2.45) is 0 Å². The molecule has 1 saturated heterocycles. The Morgan fingerprint density at radius 3 is 2.11 bits per heavy atom. The Kier molecular flexibility index (Phi) is 10.3. The molecule has 0 spiro atoms. The maximum atomic E-state index is 11.3. The molecule has 37 heavy (non-hydrogen) atoms. The molecule has 22 nitrogen and oxygen atoms in total. The Labute approximate surface area is 206 Å². The summed E-state index contributed by atoms with van der Waals surface area (Å²) in [6.07, 6.45) is -15.4. The van der Waals surface area contributed by atoms with Crippen molar-refractivity contribution in [3.8, 4) is 0 Å². The van der Waals surface area contributed by atoms with Crippen molar-refractivity contribution in [1.29, 1.82) is 0 Å². The second-order valence-electron chi connectivity index (χ2n) is 6.93. The molecule has 0 aromatic carbocycles. The predicted octanol–water partition coefficient (Wildman–Crippen LogP) is -4.67. The van der Waals surface area contributed by atoms with Gasteiger partial charge in [0.15, 0.2) is 12.4 Å². The normalized spacial score (nSPS) is 33.4. The van der Waals surface area contributed by atoms with Gasteiger partial charge in [-0.05, 0) is 6.08 Å². The van der Waals surface area contributed by atoms with Crippen LogP contribution in [0.5, 0.6) is 0 Å².